The second kappa shape index (κ2) is 7.58. The maximum atomic E-state index is 3.52. The van der Waals surface area contributed by atoms with Crippen LogP contribution < -0.4 is 5.32 Å². The SMILES string of the molecule is CCSCCCC(C)(C)CNC(C)C. The Morgan fingerprint density at radius 1 is 1.29 bits per heavy atom. The molecule has 0 spiro atoms. The van der Waals surface area contributed by atoms with Crippen LogP contribution in [-0.4, -0.2) is 24.1 Å². The quantitative estimate of drug-likeness (QED) is 0.624. The molecule has 0 saturated heterocycles. The summed E-state index contributed by atoms with van der Waals surface area (Å²) in [6.07, 6.45) is 2.69. The van der Waals surface area contributed by atoms with Crippen molar-refractivity contribution in [2.75, 3.05) is 18.1 Å². The van der Waals surface area contributed by atoms with Crippen LogP contribution in [-0.2, 0) is 0 Å². The molecule has 0 radical (unpaired) electrons. The van der Waals surface area contributed by atoms with Gasteiger partial charge in [-0.15, -0.1) is 0 Å². The molecule has 1 N–H and O–H groups in total. The van der Waals surface area contributed by atoms with Crippen LogP contribution >= 0.6 is 11.8 Å². The molecule has 0 aromatic heterocycles. The molecule has 14 heavy (non-hydrogen) atoms. The summed E-state index contributed by atoms with van der Waals surface area (Å²) in [5.74, 6) is 2.58. The minimum atomic E-state index is 0.457. The van der Waals surface area contributed by atoms with Gasteiger partial charge in [0.15, 0.2) is 0 Å². The molecule has 0 saturated carbocycles. The van der Waals surface area contributed by atoms with Crippen LogP contribution in [0.15, 0.2) is 0 Å². The van der Waals surface area contributed by atoms with Gasteiger partial charge < -0.3 is 5.32 Å². The lowest BCUT2D eigenvalue weighted by molar-refractivity contribution is 0.302. The van der Waals surface area contributed by atoms with Crippen LogP contribution in [0.1, 0.15) is 47.5 Å². The second-order valence-electron chi connectivity index (χ2n) is 5.00. The minimum Gasteiger partial charge on any atom is -0.314 e. The molecule has 86 valence electrons. The van der Waals surface area contributed by atoms with Crippen LogP contribution in [0.4, 0.5) is 0 Å². The number of hydrogen-bond acceptors (Lipinski definition) is 2. The molecule has 0 bridgehead atoms. The van der Waals surface area contributed by atoms with Crippen molar-refractivity contribution in [1.82, 2.24) is 5.32 Å². The third-order valence-electron chi connectivity index (χ3n) is 2.34. The van der Waals surface area contributed by atoms with Gasteiger partial charge >= 0.3 is 0 Å². The van der Waals surface area contributed by atoms with E-state index in [1.54, 1.807) is 0 Å². The van der Waals surface area contributed by atoms with Crippen molar-refractivity contribution in [2.24, 2.45) is 5.41 Å². The largest absolute Gasteiger partial charge is 0.314 e. The zero-order valence-corrected chi connectivity index (χ0v) is 11.3. The van der Waals surface area contributed by atoms with Crippen LogP contribution in [0.25, 0.3) is 0 Å². The molecule has 0 atom stereocenters. The lowest BCUT2D eigenvalue weighted by Crippen LogP contribution is -2.33. The Hall–Kier alpha value is 0.310. The molecule has 0 aliphatic rings. The Morgan fingerprint density at radius 3 is 2.43 bits per heavy atom. The molecule has 0 aromatic carbocycles. The second-order valence-corrected chi connectivity index (χ2v) is 6.39. The van der Waals surface area contributed by atoms with Crippen molar-refractivity contribution in [3.63, 3.8) is 0 Å². The van der Waals surface area contributed by atoms with E-state index in [1.807, 2.05) is 0 Å². The Balaban J connectivity index is 3.50. The first-order valence-corrected chi connectivity index (χ1v) is 6.94. The smallest absolute Gasteiger partial charge is 0.00106 e. The highest BCUT2D eigenvalue weighted by Gasteiger charge is 2.16. The normalized spacial score (nSPS) is 12.4. The van der Waals surface area contributed by atoms with Gasteiger partial charge in [0.05, 0.1) is 0 Å². The first-order chi connectivity index (χ1) is 6.48. The average molecular weight is 217 g/mol. The Labute approximate surface area is 94.4 Å². The third-order valence-corrected chi connectivity index (χ3v) is 3.32. The van der Waals surface area contributed by atoms with Gasteiger partial charge in [-0.2, -0.15) is 11.8 Å². The fraction of sp³-hybridized carbons (Fsp3) is 1.00. The van der Waals surface area contributed by atoms with Crippen LogP contribution in [0.2, 0.25) is 0 Å². The first-order valence-electron chi connectivity index (χ1n) is 5.79. The number of nitrogens with one attached hydrogen (secondary N) is 1. The van der Waals surface area contributed by atoms with Crippen molar-refractivity contribution < 1.29 is 0 Å². The molecule has 0 fully saturated rings. The predicted octanol–water partition coefficient (Wildman–Crippen LogP) is 3.54. The van der Waals surface area contributed by atoms with Crippen LogP contribution in [0.3, 0.4) is 0 Å². The summed E-state index contributed by atoms with van der Waals surface area (Å²) in [7, 11) is 0. The van der Waals surface area contributed by atoms with Crippen molar-refractivity contribution in [2.45, 2.75) is 53.5 Å². The number of thioether (sulfide) groups is 1. The highest BCUT2D eigenvalue weighted by Crippen LogP contribution is 2.22. The Morgan fingerprint density at radius 2 is 1.93 bits per heavy atom. The minimum absolute atomic E-state index is 0.457. The van der Waals surface area contributed by atoms with Gasteiger partial charge in [-0.05, 0) is 29.8 Å². The molecule has 0 aromatic rings. The summed E-state index contributed by atoms with van der Waals surface area (Å²) >= 11 is 2.05. The van der Waals surface area contributed by atoms with Crippen LogP contribution in [0.5, 0.6) is 0 Å². The van der Waals surface area contributed by atoms with E-state index in [4.69, 9.17) is 0 Å². The predicted molar refractivity (Wildman–Crippen MR) is 69.2 cm³/mol. The molecule has 0 amide bonds. The third kappa shape index (κ3) is 8.89. The summed E-state index contributed by atoms with van der Waals surface area (Å²) in [5.41, 5.74) is 0.457. The van der Waals surface area contributed by atoms with E-state index in [0.717, 1.165) is 6.54 Å². The molecule has 0 unspecified atom stereocenters. The molecular weight excluding hydrogens is 190 g/mol. The summed E-state index contributed by atoms with van der Waals surface area (Å²) in [4.78, 5) is 0. The van der Waals surface area contributed by atoms with E-state index in [-0.39, 0.29) is 0 Å². The highest BCUT2D eigenvalue weighted by atomic mass is 32.2. The van der Waals surface area contributed by atoms with Gasteiger partial charge in [0.25, 0.3) is 0 Å². The number of hydrogen-bond donors (Lipinski definition) is 1. The number of rotatable bonds is 8. The van der Waals surface area contributed by atoms with Gasteiger partial charge in [0, 0.05) is 12.6 Å². The maximum absolute atomic E-state index is 3.52. The zero-order valence-electron chi connectivity index (χ0n) is 10.5. The lowest BCUT2D eigenvalue weighted by Gasteiger charge is -2.26. The standard InChI is InChI=1S/C12H27NS/c1-6-14-9-7-8-12(4,5)10-13-11(2)3/h11,13H,6-10H2,1-5H3. The van der Waals surface area contributed by atoms with E-state index in [9.17, 15) is 0 Å². The molecule has 0 rings (SSSR count). The summed E-state index contributed by atoms with van der Waals surface area (Å²) in [6, 6.07) is 0.610. The average Bonchev–Trinajstić information content (AvgIpc) is 2.10. The summed E-state index contributed by atoms with van der Waals surface area (Å²) < 4.78 is 0. The fourth-order valence-electron chi connectivity index (χ4n) is 1.37. The molecule has 0 heterocycles. The summed E-state index contributed by atoms with van der Waals surface area (Å²) in [6.45, 7) is 12.5. The van der Waals surface area contributed by atoms with Crippen molar-refractivity contribution >= 4 is 11.8 Å². The lowest BCUT2D eigenvalue weighted by atomic mass is 9.88. The van der Waals surface area contributed by atoms with Gasteiger partial charge in [-0.25, -0.2) is 0 Å². The Bertz CT molecular complexity index is 132. The fourth-order valence-corrected chi connectivity index (χ4v) is 2.00. The van der Waals surface area contributed by atoms with Crippen molar-refractivity contribution in [3.05, 3.63) is 0 Å². The van der Waals surface area contributed by atoms with Crippen molar-refractivity contribution in [1.29, 1.82) is 0 Å². The van der Waals surface area contributed by atoms with E-state index in [0.29, 0.717) is 11.5 Å². The zero-order chi connectivity index (χ0) is 11.0. The topological polar surface area (TPSA) is 12.0 Å². The monoisotopic (exact) mass is 217 g/mol. The highest BCUT2D eigenvalue weighted by molar-refractivity contribution is 7.99. The van der Waals surface area contributed by atoms with Gasteiger partial charge in [-0.1, -0.05) is 34.6 Å². The van der Waals surface area contributed by atoms with Crippen molar-refractivity contribution in [3.8, 4) is 0 Å². The molecule has 0 aliphatic carbocycles. The van der Waals surface area contributed by atoms with Gasteiger partial charge in [-0.3, -0.25) is 0 Å². The first kappa shape index (κ1) is 14.3. The molecular formula is C12H27NS. The molecule has 2 heteroatoms. The van der Waals surface area contributed by atoms with Crippen LogP contribution in [0, 0.1) is 5.41 Å². The van der Waals surface area contributed by atoms with E-state index < -0.39 is 0 Å². The molecule has 1 nitrogen and oxygen atoms in total. The molecule has 0 aliphatic heterocycles. The summed E-state index contributed by atoms with van der Waals surface area (Å²) in [5, 5.41) is 3.52. The van der Waals surface area contributed by atoms with Gasteiger partial charge in [0.2, 0.25) is 0 Å². The van der Waals surface area contributed by atoms with E-state index in [1.165, 1.54) is 24.3 Å². The van der Waals surface area contributed by atoms with E-state index in [2.05, 4.69) is 51.7 Å². The van der Waals surface area contributed by atoms with E-state index >= 15 is 0 Å². The Kier molecular flexibility index (Phi) is 7.75. The van der Waals surface area contributed by atoms with Gasteiger partial charge in [0.1, 0.15) is 0 Å². The maximum Gasteiger partial charge on any atom is 0.00106 e.